The van der Waals surface area contributed by atoms with Gasteiger partial charge >= 0.3 is 0 Å². The first-order chi connectivity index (χ1) is 11.6. The standard InChI is InChI=1S/C17H20N4O2S/c1-5-20-15-13(23-4)8-7-9-14(15)24-17(20)18-16(22)12-10-11(3)21(6-2)19-12/h7-10H,5-6H2,1-4H3. The van der Waals surface area contributed by atoms with E-state index in [9.17, 15) is 4.79 Å². The monoisotopic (exact) mass is 344 g/mol. The SMILES string of the molecule is CCn1nc(C(=O)N=c2sc3cccc(OC)c3n2CC)cc1C. The van der Waals surface area contributed by atoms with Gasteiger partial charge in [-0.25, -0.2) is 0 Å². The molecule has 1 aromatic carbocycles. The Labute approximate surface area is 144 Å². The van der Waals surface area contributed by atoms with E-state index in [2.05, 4.69) is 10.1 Å². The summed E-state index contributed by atoms with van der Waals surface area (Å²) < 4.78 is 10.3. The van der Waals surface area contributed by atoms with Crippen molar-refractivity contribution in [3.63, 3.8) is 0 Å². The molecule has 0 N–H and O–H groups in total. The zero-order valence-electron chi connectivity index (χ0n) is 14.2. The number of benzene rings is 1. The van der Waals surface area contributed by atoms with Gasteiger partial charge in [-0.2, -0.15) is 10.1 Å². The predicted octanol–water partition coefficient (Wildman–Crippen LogP) is 3.00. The first kappa shape index (κ1) is 16.4. The molecule has 0 bridgehead atoms. The fraction of sp³-hybridized carbons (Fsp3) is 0.353. The number of hydrogen-bond acceptors (Lipinski definition) is 4. The molecule has 2 heterocycles. The van der Waals surface area contributed by atoms with Crippen molar-refractivity contribution in [1.29, 1.82) is 0 Å². The van der Waals surface area contributed by atoms with E-state index in [0.717, 1.165) is 28.2 Å². The number of rotatable bonds is 4. The van der Waals surface area contributed by atoms with E-state index in [1.807, 2.05) is 43.5 Å². The summed E-state index contributed by atoms with van der Waals surface area (Å²) in [6, 6.07) is 7.64. The summed E-state index contributed by atoms with van der Waals surface area (Å²) in [5, 5.41) is 4.31. The van der Waals surface area contributed by atoms with Crippen LogP contribution in [0.5, 0.6) is 5.75 Å². The molecule has 0 unspecified atom stereocenters. The summed E-state index contributed by atoms with van der Waals surface area (Å²) in [6.07, 6.45) is 0. The van der Waals surface area contributed by atoms with Crippen LogP contribution in [0, 0.1) is 6.92 Å². The fourth-order valence-electron chi connectivity index (χ4n) is 2.72. The maximum Gasteiger partial charge on any atom is 0.300 e. The number of ether oxygens (including phenoxy) is 1. The van der Waals surface area contributed by atoms with Crippen LogP contribution in [-0.4, -0.2) is 27.4 Å². The van der Waals surface area contributed by atoms with Crippen LogP contribution < -0.4 is 9.54 Å². The molecule has 0 radical (unpaired) electrons. The molecule has 2 aromatic heterocycles. The summed E-state index contributed by atoms with van der Waals surface area (Å²) in [6.45, 7) is 7.39. The average molecular weight is 344 g/mol. The molecule has 3 aromatic rings. The van der Waals surface area contributed by atoms with Crippen LogP contribution in [-0.2, 0) is 13.1 Å². The van der Waals surface area contributed by atoms with E-state index in [-0.39, 0.29) is 5.91 Å². The Balaban J connectivity index is 2.14. The minimum atomic E-state index is -0.321. The Morgan fingerprint density at radius 2 is 2.12 bits per heavy atom. The van der Waals surface area contributed by atoms with Crippen molar-refractivity contribution in [1.82, 2.24) is 14.3 Å². The number of para-hydroxylation sites is 1. The molecule has 1 amide bonds. The maximum atomic E-state index is 12.5. The molecule has 0 fully saturated rings. The number of thiazole rings is 1. The molecule has 0 aliphatic carbocycles. The molecule has 0 saturated carbocycles. The van der Waals surface area contributed by atoms with Crippen molar-refractivity contribution in [2.45, 2.75) is 33.9 Å². The molecule has 0 spiro atoms. The van der Waals surface area contributed by atoms with E-state index in [1.54, 1.807) is 17.9 Å². The fourth-order valence-corrected chi connectivity index (χ4v) is 3.83. The Morgan fingerprint density at radius 1 is 1.33 bits per heavy atom. The minimum Gasteiger partial charge on any atom is -0.495 e. The number of amides is 1. The largest absolute Gasteiger partial charge is 0.495 e. The highest BCUT2D eigenvalue weighted by Gasteiger charge is 2.14. The van der Waals surface area contributed by atoms with Crippen LogP contribution in [0.25, 0.3) is 10.2 Å². The van der Waals surface area contributed by atoms with Gasteiger partial charge in [0.2, 0.25) is 0 Å². The summed E-state index contributed by atoms with van der Waals surface area (Å²) in [4.78, 5) is 17.5. The Kier molecular flexibility index (Phi) is 4.53. The number of aryl methyl sites for hydroxylation is 3. The Bertz CT molecular complexity index is 965. The summed E-state index contributed by atoms with van der Waals surface area (Å²) in [5.41, 5.74) is 2.30. The van der Waals surface area contributed by atoms with Gasteiger partial charge < -0.3 is 9.30 Å². The third-order valence-electron chi connectivity index (χ3n) is 3.90. The molecule has 0 aliphatic heterocycles. The molecule has 6 nitrogen and oxygen atoms in total. The lowest BCUT2D eigenvalue weighted by Gasteiger charge is -2.05. The Morgan fingerprint density at radius 3 is 2.75 bits per heavy atom. The molecule has 0 atom stereocenters. The van der Waals surface area contributed by atoms with Crippen molar-refractivity contribution >= 4 is 27.5 Å². The number of hydrogen-bond donors (Lipinski definition) is 0. The van der Waals surface area contributed by atoms with Crippen molar-refractivity contribution < 1.29 is 9.53 Å². The second kappa shape index (κ2) is 6.60. The van der Waals surface area contributed by atoms with Crippen LogP contribution in [0.1, 0.15) is 30.0 Å². The highest BCUT2D eigenvalue weighted by molar-refractivity contribution is 7.16. The zero-order valence-corrected chi connectivity index (χ0v) is 15.1. The van der Waals surface area contributed by atoms with Gasteiger partial charge in [-0.05, 0) is 39.0 Å². The number of fused-ring (bicyclic) bond motifs is 1. The topological polar surface area (TPSA) is 61.4 Å². The van der Waals surface area contributed by atoms with Gasteiger partial charge in [0, 0.05) is 18.8 Å². The molecule has 24 heavy (non-hydrogen) atoms. The van der Waals surface area contributed by atoms with Gasteiger partial charge in [0.15, 0.2) is 10.5 Å². The molecule has 7 heteroatoms. The third-order valence-corrected chi connectivity index (χ3v) is 4.94. The van der Waals surface area contributed by atoms with Crippen molar-refractivity contribution in [2.75, 3.05) is 7.11 Å². The van der Waals surface area contributed by atoms with Crippen LogP contribution >= 0.6 is 11.3 Å². The van der Waals surface area contributed by atoms with E-state index in [1.165, 1.54) is 11.3 Å². The van der Waals surface area contributed by atoms with E-state index in [0.29, 0.717) is 17.0 Å². The van der Waals surface area contributed by atoms with E-state index in [4.69, 9.17) is 4.74 Å². The number of aromatic nitrogens is 3. The molecule has 126 valence electrons. The molecule has 3 rings (SSSR count). The molecular formula is C17H20N4O2S. The lowest BCUT2D eigenvalue weighted by atomic mass is 10.3. The highest BCUT2D eigenvalue weighted by Crippen LogP contribution is 2.27. The second-order valence-electron chi connectivity index (χ2n) is 5.34. The first-order valence-corrected chi connectivity index (χ1v) is 8.70. The van der Waals surface area contributed by atoms with Crippen LogP contribution in [0.4, 0.5) is 0 Å². The Hall–Kier alpha value is -2.41. The first-order valence-electron chi connectivity index (χ1n) is 7.88. The molecular weight excluding hydrogens is 324 g/mol. The van der Waals surface area contributed by atoms with Crippen LogP contribution in [0.15, 0.2) is 29.3 Å². The van der Waals surface area contributed by atoms with Gasteiger partial charge in [-0.1, -0.05) is 17.4 Å². The predicted molar refractivity (Wildman–Crippen MR) is 94.6 cm³/mol. The normalized spacial score (nSPS) is 12.1. The van der Waals surface area contributed by atoms with Crippen molar-refractivity contribution in [3.8, 4) is 5.75 Å². The average Bonchev–Trinajstić information content (AvgIpc) is 3.14. The van der Waals surface area contributed by atoms with Crippen molar-refractivity contribution in [2.24, 2.45) is 4.99 Å². The van der Waals surface area contributed by atoms with E-state index < -0.39 is 0 Å². The van der Waals surface area contributed by atoms with Crippen LogP contribution in [0.3, 0.4) is 0 Å². The summed E-state index contributed by atoms with van der Waals surface area (Å²) in [5.74, 6) is 0.462. The van der Waals surface area contributed by atoms with Crippen LogP contribution in [0.2, 0.25) is 0 Å². The zero-order chi connectivity index (χ0) is 17.3. The van der Waals surface area contributed by atoms with Gasteiger partial charge in [0.1, 0.15) is 11.3 Å². The van der Waals surface area contributed by atoms with E-state index >= 15 is 0 Å². The number of carbonyl (C=O) groups is 1. The number of nitrogens with zero attached hydrogens (tertiary/aromatic N) is 4. The highest BCUT2D eigenvalue weighted by atomic mass is 32.1. The minimum absolute atomic E-state index is 0.321. The smallest absolute Gasteiger partial charge is 0.300 e. The van der Waals surface area contributed by atoms with Gasteiger partial charge in [-0.3, -0.25) is 9.48 Å². The lowest BCUT2D eigenvalue weighted by molar-refractivity contribution is 0.0992. The third kappa shape index (κ3) is 2.75. The second-order valence-corrected chi connectivity index (χ2v) is 6.35. The lowest BCUT2D eigenvalue weighted by Crippen LogP contribution is -2.16. The molecule has 0 saturated heterocycles. The molecule has 0 aliphatic rings. The quantitative estimate of drug-likeness (QED) is 0.731. The van der Waals surface area contributed by atoms with Gasteiger partial charge in [-0.15, -0.1) is 0 Å². The summed E-state index contributed by atoms with van der Waals surface area (Å²) >= 11 is 1.48. The maximum absolute atomic E-state index is 12.5. The van der Waals surface area contributed by atoms with Crippen molar-refractivity contribution in [3.05, 3.63) is 40.5 Å². The van der Waals surface area contributed by atoms with Gasteiger partial charge in [0.05, 0.1) is 11.8 Å². The number of methoxy groups -OCH3 is 1. The summed E-state index contributed by atoms with van der Waals surface area (Å²) in [7, 11) is 1.65. The number of carbonyl (C=O) groups excluding carboxylic acids is 1. The van der Waals surface area contributed by atoms with Gasteiger partial charge in [0.25, 0.3) is 5.91 Å².